The molecule has 4 N–H and O–H groups in total. The average molecular weight is 278 g/mol. The standard InChI is InChI=1S/C15H26N4O/c1-12-13(10-18-19-12)6-5-9-17-14(20)15(11-16)7-3-2-4-8-15/h10H,2-9,11,16H2,1H3,(H,17,20)(H,18,19). The molecular weight excluding hydrogens is 252 g/mol. The Bertz CT molecular complexity index is 435. The summed E-state index contributed by atoms with van der Waals surface area (Å²) in [5.74, 6) is 0.156. The first-order chi connectivity index (χ1) is 9.68. The maximum absolute atomic E-state index is 12.4. The largest absolute Gasteiger partial charge is 0.356 e. The van der Waals surface area contributed by atoms with Crippen molar-refractivity contribution >= 4 is 5.91 Å². The second-order valence-electron chi connectivity index (χ2n) is 5.92. The number of hydrogen-bond acceptors (Lipinski definition) is 3. The summed E-state index contributed by atoms with van der Waals surface area (Å²) >= 11 is 0. The van der Waals surface area contributed by atoms with E-state index in [0.717, 1.165) is 44.2 Å². The number of nitrogens with one attached hydrogen (secondary N) is 2. The van der Waals surface area contributed by atoms with Gasteiger partial charge in [-0.05, 0) is 38.2 Å². The fourth-order valence-electron chi connectivity index (χ4n) is 3.05. The highest BCUT2D eigenvalue weighted by atomic mass is 16.2. The van der Waals surface area contributed by atoms with E-state index in [1.165, 1.54) is 12.0 Å². The number of aryl methyl sites for hydroxylation is 2. The van der Waals surface area contributed by atoms with E-state index in [2.05, 4.69) is 15.5 Å². The fraction of sp³-hybridized carbons (Fsp3) is 0.733. The Morgan fingerprint density at radius 3 is 2.80 bits per heavy atom. The number of rotatable bonds is 6. The number of nitrogens with zero attached hydrogens (tertiary/aromatic N) is 1. The van der Waals surface area contributed by atoms with Gasteiger partial charge in [-0.2, -0.15) is 5.10 Å². The zero-order valence-electron chi connectivity index (χ0n) is 12.4. The van der Waals surface area contributed by atoms with Gasteiger partial charge < -0.3 is 11.1 Å². The molecular formula is C15H26N4O. The first kappa shape index (κ1) is 15.0. The molecule has 5 nitrogen and oxygen atoms in total. The molecule has 1 amide bonds. The lowest BCUT2D eigenvalue weighted by molar-refractivity contribution is -0.132. The van der Waals surface area contributed by atoms with E-state index in [1.807, 2.05) is 13.1 Å². The number of aromatic amines is 1. The van der Waals surface area contributed by atoms with Crippen molar-refractivity contribution in [1.29, 1.82) is 0 Å². The summed E-state index contributed by atoms with van der Waals surface area (Å²) < 4.78 is 0. The minimum atomic E-state index is -0.302. The monoisotopic (exact) mass is 278 g/mol. The van der Waals surface area contributed by atoms with E-state index in [9.17, 15) is 4.79 Å². The Kier molecular flexibility index (Phi) is 5.17. The molecule has 1 aliphatic carbocycles. The fourth-order valence-corrected chi connectivity index (χ4v) is 3.05. The van der Waals surface area contributed by atoms with Gasteiger partial charge in [-0.25, -0.2) is 0 Å². The Morgan fingerprint density at radius 2 is 2.20 bits per heavy atom. The molecule has 5 heteroatoms. The normalized spacial score (nSPS) is 17.9. The molecule has 2 rings (SSSR count). The molecule has 0 bridgehead atoms. The highest BCUT2D eigenvalue weighted by molar-refractivity contribution is 5.82. The highest BCUT2D eigenvalue weighted by Crippen LogP contribution is 2.35. The molecule has 0 radical (unpaired) electrons. The van der Waals surface area contributed by atoms with Crippen molar-refractivity contribution in [2.45, 2.75) is 51.9 Å². The van der Waals surface area contributed by atoms with Gasteiger partial charge in [0.25, 0.3) is 0 Å². The third kappa shape index (κ3) is 3.39. The zero-order chi connectivity index (χ0) is 14.4. The van der Waals surface area contributed by atoms with Crippen LogP contribution in [0.3, 0.4) is 0 Å². The molecule has 1 saturated carbocycles. The molecule has 1 heterocycles. The number of amides is 1. The van der Waals surface area contributed by atoms with E-state index < -0.39 is 0 Å². The van der Waals surface area contributed by atoms with Crippen molar-refractivity contribution in [2.24, 2.45) is 11.1 Å². The summed E-state index contributed by atoms with van der Waals surface area (Å²) in [5, 5.41) is 10.0. The lowest BCUT2D eigenvalue weighted by Gasteiger charge is -2.34. The molecule has 1 aromatic heterocycles. The van der Waals surface area contributed by atoms with Crippen LogP contribution in [0, 0.1) is 12.3 Å². The summed E-state index contributed by atoms with van der Waals surface area (Å²) in [4.78, 5) is 12.4. The van der Waals surface area contributed by atoms with Gasteiger partial charge in [0.2, 0.25) is 5.91 Å². The second-order valence-corrected chi connectivity index (χ2v) is 5.92. The number of carbonyl (C=O) groups excluding carboxylic acids is 1. The van der Waals surface area contributed by atoms with Crippen molar-refractivity contribution < 1.29 is 4.79 Å². The molecule has 1 aliphatic rings. The van der Waals surface area contributed by atoms with Crippen LogP contribution in [-0.2, 0) is 11.2 Å². The van der Waals surface area contributed by atoms with Crippen LogP contribution >= 0.6 is 0 Å². The predicted molar refractivity (Wildman–Crippen MR) is 79.2 cm³/mol. The molecule has 0 aliphatic heterocycles. The van der Waals surface area contributed by atoms with Crippen molar-refractivity contribution in [3.63, 3.8) is 0 Å². The van der Waals surface area contributed by atoms with E-state index in [-0.39, 0.29) is 11.3 Å². The molecule has 0 unspecified atom stereocenters. The highest BCUT2D eigenvalue weighted by Gasteiger charge is 2.37. The van der Waals surface area contributed by atoms with Crippen molar-refractivity contribution in [1.82, 2.24) is 15.5 Å². The van der Waals surface area contributed by atoms with Gasteiger partial charge in [-0.1, -0.05) is 19.3 Å². The first-order valence-electron chi connectivity index (χ1n) is 7.65. The summed E-state index contributed by atoms with van der Waals surface area (Å²) in [6.07, 6.45) is 9.10. The van der Waals surface area contributed by atoms with Crippen LogP contribution in [-0.4, -0.2) is 29.2 Å². The molecule has 0 atom stereocenters. The Labute approximate surface area is 120 Å². The minimum Gasteiger partial charge on any atom is -0.356 e. The Hall–Kier alpha value is -1.36. The van der Waals surface area contributed by atoms with Crippen LogP contribution in [0.15, 0.2) is 6.20 Å². The van der Waals surface area contributed by atoms with Gasteiger partial charge >= 0.3 is 0 Å². The van der Waals surface area contributed by atoms with Crippen LogP contribution in [0.4, 0.5) is 0 Å². The maximum Gasteiger partial charge on any atom is 0.227 e. The third-order valence-electron chi connectivity index (χ3n) is 4.53. The van der Waals surface area contributed by atoms with Crippen LogP contribution in [0.5, 0.6) is 0 Å². The molecule has 0 spiro atoms. The molecule has 0 aromatic carbocycles. The van der Waals surface area contributed by atoms with Crippen LogP contribution in [0.2, 0.25) is 0 Å². The van der Waals surface area contributed by atoms with E-state index >= 15 is 0 Å². The van der Waals surface area contributed by atoms with Crippen LogP contribution in [0.1, 0.15) is 49.8 Å². The Balaban J connectivity index is 1.75. The second kappa shape index (κ2) is 6.88. The lowest BCUT2D eigenvalue weighted by Crippen LogP contribution is -2.47. The summed E-state index contributed by atoms with van der Waals surface area (Å²) in [7, 11) is 0. The number of hydrogen-bond donors (Lipinski definition) is 3. The number of aromatic nitrogens is 2. The predicted octanol–water partition coefficient (Wildman–Crippen LogP) is 1.68. The zero-order valence-corrected chi connectivity index (χ0v) is 12.4. The number of carbonyl (C=O) groups is 1. The molecule has 1 aromatic rings. The lowest BCUT2D eigenvalue weighted by atomic mass is 9.73. The van der Waals surface area contributed by atoms with Gasteiger partial charge in [0.1, 0.15) is 0 Å². The molecule has 0 saturated heterocycles. The molecule has 1 fully saturated rings. The van der Waals surface area contributed by atoms with Crippen molar-refractivity contribution in [3.05, 3.63) is 17.5 Å². The van der Waals surface area contributed by atoms with Crippen LogP contribution < -0.4 is 11.1 Å². The van der Waals surface area contributed by atoms with Gasteiger partial charge in [0.15, 0.2) is 0 Å². The van der Waals surface area contributed by atoms with E-state index in [4.69, 9.17) is 5.73 Å². The summed E-state index contributed by atoms with van der Waals surface area (Å²) in [6, 6.07) is 0. The Morgan fingerprint density at radius 1 is 1.45 bits per heavy atom. The van der Waals surface area contributed by atoms with Crippen LogP contribution in [0.25, 0.3) is 0 Å². The molecule has 20 heavy (non-hydrogen) atoms. The minimum absolute atomic E-state index is 0.156. The SMILES string of the molecule is Cc1[nH]ncc1CCCNC(=O)C1(CN)CCCCC1. The van der Waals surface area contributed by atoms with E-state index in [0.29, 0.717) is 13.1 Å². The smallest absolute Gasteiger partial charge is 0.227 e. The van der Waals surface area contributed by atoms with Gasteiger partial charge in [0, 0.05) is 18.8 Å². The molecule has 112 valence electrons. The number of nitrogens with two attached hydrogens (primary N) is 1. The third-order valence-corrected chi connectivity index (χ3v) is 4.53. The van der Waals surface area contributed by atoms with E-state index in [1.54, 1.807) is 0 Å². The summed E-state index contributed by atoms with van der Waals surface area (Å²) in [6.45, 7) is 3.21. The average Bonchev–Trinajstić information content (AvgIpc) is 2.89. The summed E-state index contributed by atoms with van der Waals surface area (Å²) in [5.41, 5.74) is 7.91. The van der Waals surface area contributed by atoms with Crippen molar-refractivity contribution in [3.8, 4) is 0 Å². The maximum atomic E-state index is 12.4. The van der Waals surface area contributed by atoms with Gasteiger partial charge in [-0.3, -0.25) is 9.89 Å². The first-order valence-corrected chi connectivity index (χ1v) is 7.65. The van der Waals surface area contributed by atoms with Crippen molar-refractivity contribution in [2.75, 3.05) is 13.1 Å². The van der Waals surface area contributed by atoms with Gasteiger partial charge in [0.05, 0.1) is 11.6 Å². The topological polar surface area (TPSA) is 83.8 Å². The van der Waals surface area contributed by atoms with Gasteiger partial charge in [-0.15, -0.1) is 0 Å². The quantitative estimate of drug-likeness (QED) is 0.692. The number of H-pyrrole nitrogens is 1.